The van der Waals surface area contributed by atoms with Gasteiger partial charge in [0.15, 0.2) is 0 Å². The van der Waals surface area contributed by atoms with Crippen LogP contribution in [0, 0.1) is 11.3 Å². The zero-order chi connectivity index (χ0) is 11.5. The van der Waals surface area contributed by atoms with Crippen molar-refractivity contribution in [2.45, 2.75) is 40.0 Å². The first-order valence-electron chi connectivity index (χ1n) is 5.92. The lowest BCUT2D eigenvalue weighted by atomic mass is 9.73. The monoisotopic (exact) mass is 213 g/mol. The van der Waals surface area contributed by atoms with Crippen LogP contribution in [0.2, 0.25) is 0 Å². The maximum absolute atomic E-state index is 11.2. The molecule has 1 aliphatic rings. The number of nitrogens with zero attached hydrogens (tertiary/aromatic N) is 1. The van der Waals surface area contributed by atoms with Crippen molar-refractivity contribution in [3.05, 3.63) is 0 Å². The number of hydrogen-bond donors (Lipinski definition) is 1. The minimum atomic E-state index is -0.638. The quantitative estimate of drug-likeness (QED) is 0.778. The van der Waals surface area contributed by atoms with E-state index in [0.717, 1.165) is 26.1 Å². The maximum Gasteiger partial charge on any atom is 0.308 e. The van der Waals surface area contributed by atoms with Gasteiger partial charge in [-0.2, -0.15) is 0 Å². The number of unbranched alkanes of at least 4 members (excludes halogenated alkanes) is 1. The number of carboxylic acid groups (broad SMARTS) is 1. The highest BCUT2D eigenvalue weighted by molar-refractivity contribution is 5.71. The van der Waals surface area contributed by atoms with Gasteiger partial charge in [0.1, 0.15) is 0 Å². The minimum absolute atomic E-state index is 0.0471. The van der Waals surface area contributed by atoms with Crippen molar-refractivity contribution >= 4 is 5.97 Å². The number of carbonyl (C=O) groups is 1. The molecule has 0 radical (unpaired) electrons. The molecule has 1 N–H and O–H groups in total. The summed E-state index contributed by atoms with van der Waals surface area (Å²) in [6.45, 7) is 9.14. The molecule has 3 heteroatoms. The number of carboxylic acids is 1. The number of likely N-dealkylation sites (tertiary alicyclic amines) is 1. The number of hydrogen-bond acceptors (Lipinski definition) is 2. The third-order valence-corrected chi connectivity index (χ3v) is 3.58. The number of aliphatic carboxylic acids is 1. The summed E-state index contributed by atoms with van der Waals surface area (Å²) < 4.78 is 0. The van der Waals surface area contributed by atoms with Crippen molar-refractivity contribution in [2.75, 3.05) is 19.6 Å². The summed E-state index contributed by atoms with van der Waals surface area (Å²) in [7, 11) is 0. The van der Waals surface area contributed by atoms with Gasteiger partial charge < -0.3 is 10.0 Å². The molecule has 0 saturated carbocycles. The molecule has 0 aromatic rings. The molecule has 0 spiro atoms. The van der Waals surface area contributed by atoms with E-state index in [1.54, 1.807) is 0 Å². The Hall–Kier alpha value is -0.570. The van der Waals surface area contributed by atoms with Crippen molar-refractivity contribution in [3.63, 3.8) is 0 Å². The van der Waals surface area contributed by atoms with Crippen LogP contribution < -0.4 is 0 Å². The van der Waals surface area contributed by atoms with Gasteiger partial charge in [-0.3, -0.25) is 4.79 Å². The average molecular weight is 213 g/mol. The first kappa shape index (κ1) is 12.5. The molecule has 1 heterocycles. The normalized spacial score (nSPS) is 26.5. The molecular weight excluding hydrogens is 190 g/mol. The molecule has 1 saturated heterocycles. The molecule has 0 bridgehead atoms. The molecule has 3 nitrogen and oxygen atoms in total. The van der Waals surface area contributed by atoms with Crippen LogP contribution in [0.5, 0.6) is 0 Å². The van der Waals surface area contributed by atoms with Crippen LogP contribution in [0.3, 0.4) is 0 Å². The summed E-state index contributed by atoms with van der Waals surface area (Å²) in [5.41, 5.74) is -0.0471. The molecule has 0 aliphatic carbocycles. The maximum atomic E-state index is 11.2. The highest BCUT2D eigenvalue weighted by atomic mass is 16.4. The second kappa shape index (κ2) is 4.97. The van der Waals surface area contributed by atoms with E-state index in [4.69, 9.17) is 0 Å². The Kier molecular flexibility index (Phi) is 4.14. The van der Waals surface area contributed by atoms with Crippen molar-refractivity contribution in [1.82, 2.24) is 4.90 Å². The van der Waals surface area contributed by atoms with Gasteiger partial charge in [0.05, 0.1) is 5.92 Å². The fourth-order valence-electron chi connectivity index (χ4n) is 2.21. The first-order valence-corrected chi connectivity index (χ1v) is 5.92. The Morgan fingerprint density at radius 3 is 2.73 bits per heavy atom. The SMILES string of the molecule is CCCCN1CCC(C)(C)C(C(=O)O)C1. The fraction of sp³-hybridized carbons (Fsp3) is 0.917. The van der Waals surface area contributed by atoms with Crippen LogP contribution >= 0.6 is 0 Å². The van der Waals surface area contributed by atoms with Crippen molar-refractivity contribution < 1.29 is 9.90 Å². The average Bonchev–Trinajstić information content (AvgIpc) is 2.15. The third kappa shape index (κ3) is 3.20. The largest absolute Gasteiger partial charge is 0.481 e. The molecule has 1 fully saturated rings. The van der Waals surface area contributed by atoms with E-state index in [2.05, 4.69) is 25.7 Å². The van der Waals surface area contributed by atoms with Gasteiger partial charge in [-0.15, -0.1) is 0 Å². The zero-order valence-corrected chi connectivity index (χ0v) is 10.1. The summed E-state index contributed by atoms with van der Waals surface area (Å²) in [4.78, 5) is 13.5. The van der Waals surface area contributed by atoms with Gasteiger partial charge in [-0.05, 0) is 31.3 Å². The van der Waals surface area contributed by atoms with Gasteiger partial charge in [0.25, 0.3) is 0 Å². The molecule has 1 atom stereocenters. The Balaban J connectivity index is 2.55. The van der Waals surface area contributed by atoms with Gasteiger partial charge in [-0.25, -0.2) is 0 Å². The lowest BCUT2D eigenvalue weighted by Crippen LogP contribution is -2.48. The van der Waals surface area contributed by atoms with E-state index in [0.29, 0.717) is 0 Å². The second-order valence-corrected chi connectivity index (χ2v) is 5.28. The van der Waals surface area contributed by atoms with Crippen LogP contribution in [-0.4, -0.2) is 35.6 Å². The van der Waals surface area contributed by atoms with Crippen LogP contribution in [-0.2, 0) is 4.79 Å². The molecule has 0 amide bonds. The number of rotatable bonds is 4. The molecular formula is C12H23NO2. The summed E-state index contributed by atoms with van der Waals surface area (Å²) in [5.74, 6) is -0.843. The van der Waals surface area contributed by atoms with Crippen molar-refractivity contribution in [3.8, 4) is 0 Å². The summed E-state index contributed by atoms with van der Waals surface area (Å²) >= 11 is 0. The number of piperidine rings is 1. The zero-order valence-electron chi connectivity index (χ0n) is 10.1. The predicted molar refractivity (Wildman–Crippen MR) is 60.9 cm³/mol. The van der Waals surface area contributed by atoms with E-state index in [1.807, 2.05) is 0 Å². The van der Waals surface area contributed by atoms with E-state index in [-0.39, 0.29) is 11.3 Å². The van der Waals surface area contributed by atoms with Gasteiger partial charge in [0, 0.05) is 6.54 Å². The summed E-state index contributed by atoms with van der Waals surface area (Å²) in [6.07, 6.45) is 3.35. The summed E-state index contributed by atoms with van der Waals surface area (Å²) in [6, 6.07) is 0. The molecule has 1 rings (SSSR count). The second-order valence-electron chi connectivity index (χ2n) is 5.28. The lowest BCUT2D eigenvalue weighted by molar-refractivity contribution is -0.149. The summed E-state index contributed by atoms with van der Waals surface area (Å²) in [5, 5.41) is 9.19. The highest BCUT2D eigenvalue weighted by Crippen LogP contribution is 2.35. The molecule has 1 aliphatic heterocycles. The third-order valence-electron chi connectivity index (χ3n) is 3.58. The standard InChI is InChI=1S/C12H23NO2/c1-4-5-7-13-8-6-12(2,3)10(9-13)11(14)15/h10H,4-9H2,1-3H3,(H,14,15). The van der Waals surface area contributed by atoms with Crippen LogP contribution in [0.25, 0.3) is 0 Å². The smallest absolute Gasteiger partial charge is 0.308 e. The van der Waals surface area contributed by atoms with Crippen LogP contribution in [0.4, 0.5) is 0 Å². The van der Waals surface area contributed by atoms with E-state index in [9.17, 15) is 9.90 Å². The molecule has 1 unspecified atom stereocenters. The van der Waals surface area contributed by atoms with Crippen LogP contribution in [0.15, 0.2) is 0 Å². The van der Waals surface area contributed by atoms with Gasteiger partial charge >= 0.3 is 5.97 Å². The topological polar surface area (TPSA) is 40.5 Å². The lowest BCUT2D eigenvalue weighted by Gasteiger charge is -2.41. The first-order chi connectivity index (χ1) is 6.97. The van der Waals surface area contributed by atoms with Crippen molar-refractivity contribution in [1.29, 1.82) is 0 Å². The van der Waals surface area contributed by atoms with Gasteiger partial charge in [0.2, 0.25) is 0 Å². The van der Waals surface area contributed by atoms with Crippen LogP contribution in [0.1, 0.15) is 40.0 Å². The van der Waals surface area contributed by atoms with Crippen molar-refractivity contribution in [2.24, 2.45) is 11.3 Å². The fourth-order valence-corrected chi connectivity index (χ4v) is 2.21. The highest BCUT2D eigenvalue weighted by Gasteiger charge is 2.39. The van der Waals surface area contributed by atoms with E-state index < -0.39 is 5.97 Å². The van der Waals surface area contributed by atoms with E-state index in [1.165, 1.54) is 12.8 Å². The predicted octanol–water partition coefficient (Wildman–Crippen LogP) is 2.22. The molecule has 0 aromatic carbocycles. The Morgan fingerprint density at radius 2 is 2.20 bits per heavy atom. The van der Waals surface area contributed by atoms with Gasteiger partial charge in [-0.1, -0.05) is 27.2 Å². The minimum Gasteiger partial charge on any atom is -0.481 e. The Labute approximate surface area is 92.5 Å². The molecule has 88 valence electrons. The van der Waals surface area contributed by atoms with E-state index >= 15 is 0 Å². The Morgan fingerprint density at radius 1 is 1.53 bits per heavy atom. The Bertz CT molecular complexity index is 226. The molecule has 0 aromatic heterocycles. The molecule has 15 heavy (non-hydrogen) atoms.